The van der Waals surface area contributed by atoms with Crippen LogP contribution in [0.2, 0.25) is 0 Å². The maximum atomic E-state index is 4.46. The Labute approximate surface area is 123 Å². The normalized spacial score (nSPS) is 15.7. The lowest BCUT2D eigenvalue weighted by atomic mass is 10.0. The Morgan fingerprint density at radius 1 is 1.25 bits per heavy atom. The zero-order chi connectivity index (χ0) is 15.4. The summed E-state index contributed by atoms with van der Waals surface area (Å²) in [4.78, 5) is 4.46. The average molecular weight is 270 g/mol. The van der Waals surface area contributed by atoms with Gasteiger partial charge in [-0.15, -0.1) is 6.58 Å². The van der Waals surface area contributed by atoms with Crippen LogP contribution in [0.1, 0.15) is 20.8 Å². The topological polar surface area (TPSA) is 24.4 Å². The van der Waals surface area contributed by atoms with E-state index in [1.165, 1.54) is 0 Å². The first-order valence-corrected chi connectivity index (χ1v) is 6.76. The van der Waals surface area contributed by atoms with Crippen molar-refractivity contribution in [2.24, 2.45) is 4.99 Å². The van der Waals surface area contributed by atoms with Gasteiger partial charge in [-0.25, -0.2) is 0 Å². The zero-order valence-corrected chi connectivity index (χ0v) is 13.1. The molecule has 1 N–H and O–H groups in total. The molecule has 2 nitrogen and oxygen atoms in total. The summed E-state index contributed by atoms with van der Waals surface area (Å²) in [6.07, 6.45) is 15.5. The molecule has 0 rings (SSSR count). The molecule has 2 heteroatoms. The number of hydrogen-bond donors (Lipinski definition) is 1. The molecule has 0 aromatic heterocycles. The first-order chi connectivity index (χ1) is 9.58. The van der Waals surface area contributed by atoms with Crippen molar-refractivity contribution in [1.82, 2.24) is 5.32 Å². The van der Waals surface area contributed by atoms with E-state index in [1.54, 1.807) is 0 Å². The molecule has 0 aliphatic heterocycles. The van der Waals surface area contributed by atoms with Crippen molar-refractivity contribution in [2.75, 3.05) is 7.05 Å². The molecule has 108 valence electrons. The highest BCUT2D eigenvalue weighted by molar-refractivity contribution is 5.87. The Bertz CT molecular complexity index is 460. The van der Waals surface area contributed by atoms with Gasteiger partial charge in [-0.1, -0.05) is 37.0 Å². The number of aliphatic imine (C=N–C) groups is 1. The molecule has 0 saturated carbocycles. The molecule has 0 aliphatic carbocycles. The van der Waals surface area contributed by atoms with Gasteiger partial charge in [0.15, 0.2) is 0 Å². The van der Waals surface area contributed by atoms with Crippen molar-refractivity contribution >= 4 is 6.21 Å². The number of allylic oxidation sites excluding steroid dienone is 8. The summed E-state index contributed by atoms with van der Waals surface area (Å²) in [7, 11) is 1.88. The van der Waals surface area contributed by atoms with Gasteiger partial charge in [0.2, 0.25) is 0 Å². The molecule has 0 amide bonds. The van der Waals surface area contributed by atoms with Gasteiger partial charge in [-0.2, -0.15) is 0 Å². The molecule has 1 atom stereocenters. The van der Waals surface area contributed by atoms with Gasteiger partial charge in [-0.05, 0) is 49.8 Å². The zero-order valence-electron chi connectivity index (χ0n) is 13.1. The monoisotopic (exact) mass is 270 g/mol. The van der Waals surface area contributed by atoms with Crippen molar-refractivity contribution in [1.29, 1.82) is 0 Å². The van der Waals surface area contributed by atoms with Gasteiger partial charge >= 0.3 is 0 Å². The number of hydrogen-bond acceptors (Lipinski definition) is 2. The average Bonchev–Trinajstić information content (AvgIpc) is 2.44. The van der Waals surface area contributed by atoms with Gasteiger partial charge in [0.1, 0.15) is 0 Å². The third-order valence-corrected chi connectivity index (χ3v) is 2.57. The fourth-order valence-corrected chi connectivity index (χ4v) is 1.45. The van der Waals surface area contributed by atoms with Gasteiger partial charge in [0.25, 0.3) is 0 Å². The van der Waals surface area contributed by atoms with E-state index in [1.807, 2.05) is 70.6 Å². The fraction of sp³-hybridized carbons (Fsp3) is 0.278. The molecule has 0 heterocycles. The second-order valence-electron chi connectivity index (χ2n) is 4.38. The van der Waals surface area contributed by atoms with Crippen LogP contribution >= 0.6 is 0 Å². The maximum absolute atomic E-state index is 4.46. The Kier molecular flexibility index (Phi) is 9.67. The van der Waals surface area contributed by atoms with E-state index >= 15 is 0 Å². The van der Waals surface area contributed by atoms with Crippen LogP contribution in [0.15, 0.2) is 77.5 Å². The van der Waals surface area contributed by atoms with Crippen molar-refractivity contribution in [3.8, 4) is 0 Å². The highest BCUT2D eigenvalue weighted by Gasteiger charge is 2.00. The maximum Gasteiger partial charge on any atom is 0.0649 e. The van der Waals surface area contributed by atoms with Crippen molar-refractivity contribution in [3.63, 3.8) is 0 Å². The van der Waals surface area contributed by atoms with E-state index in [0.717, 1.165) is 16.7 Å². The van der Waals surface area contributed by atoms with E-state index < -0.39 is 0 Å². The fourth-order valence-electron chi connectivity index (χ4n) is 1.45. The molecule has 0 aromatic rings. The predicted octanol–water partition coefficient (Wildman–Crippen LogP) is 4.37. The molecule has 0 bridgehead atoms. The first kappa shape index (κ1) is 17.9. The van der Waals surface area contributed by atoms with Crippen molar-refractivity contribution in [3.05, 3.63) is 72.5 Å². The highest BCUT2D eigenvalue weighted by Crippen LogP contribution is 2.13. The van der Waals surface area contributed by atoms with Gasteiger partial charge in [0.05, 0.1) is 6.04 Å². The van der Waals surface area contributed by atoms with Gasteiger partial charge < -0.3 is 5.32 Å². The summed E-state index contributed by atoms with van der Waals surface area (Å²) in [6.45, 7) is 13.6. The third kappa shape index (κ3) is 7.37. The summed E-state index contributed by atoms with van der Waals surface area (Å²) in [5, 5.41) is 3.02. The lowest BCUT2D eigenvalue weighted by Crippen LogP contribution is -1.98. The lowest BCUT2D eigenvalue weighted by Gasteiger charge is -2.05. The van der Waals surface area contributed by atoms with E-state index in [2.05, 4.69) is 29.5 Å². The predicted molar refractivity (Wildman–Crippen MR) is 92.1 cm³/mol. The van der Waals surface area contributed by atoms with Gasteiger partial charge in [0, 0.05) is 13.3 Å². The van der Waals surface area contributed by atoms with Crippen LogP contribution in [0.25, 0.3) is 0 Å². The number of rotatable bonds is 8. The Balaban J connectivity index is 5.56. The standard InChI is InChI=1S/C18H26N2/c1-7-10-11-17(9-3)18(12-15(4)13-19-6)14-20-16(5)8-2/h7-14,16,19H,2-3H2,1,4-6H3/b10-7-,15-13+,17-11+,18-12+,20-14-. The Morgan fingerprint density at radius 3 is 2.45 bits per heavy atom. The molecule has 0 aromatic carbocycles. The Hall–Kier alpha value is -2.09. The molecule has 20 heavy (non-hydrogen) atoms. The van der Waals surface area contributed by atoms with Gasteiger partial charge in [-0.3, -0.25) is 4.99 Å². The molecular weight excluding hydrogens is 244 g/mol. The van der Waals surface area contributed by atoms with E-state index in [9.17, 15) is 0 Å². The largest absolute Gasteiger partial charge is 0.394 e. The summed E-state index contributed by atoms with van der Waals surface area (Å²) in [5.41, 5.74) is 3.18. The second kappa shape index (κ2) is 10.8. The molecule has 0 saturated heterocycles. The van der Waals surface area contributed by atoms with E-state index in [-0.39, 0.29) is 6.04 Å². The number of nitrogens with one attached hydrogen (secondary N) is 1. The van der Waals surface area contributed by atoms with Crippen LogP contribution in [0.3, 0.4) is 0 Å². The molecule has 0 radical (unpaired) electrons. The van der Waals surface area contributed by atoms with Crippen LogP contribution in [0.4, 0.5) is 0 Å². The molecule has 0 fully saturated rings. The van der Waals surface area contributed by atoms with Crippen LogP contribution in [-0.2, 0) is 0 Å². The summed E-state index contributed by atoms with van der Waals surface area (Å²) >= 11 is 0. The van der Waals surface area contributed by atoms with Crippen molar-refractivity contribution < 1.29 is 0 Å². The summed E-state index contributed by atoms with van der Waals surface area (Å²) < 4.78 is 0. The van der Waals surface area contributed by atoms with Crippen molar-refractivity contribution in [2.45, 2.75) is 26.8 Å². The van der Waals surface area contributed by atoms with Crippen LogP contribution < -0.4 is 5.32 Å². The van der Waals surface area contributed by atoms with Crippen LogP contribution in [-0.4, -0.2) is 19.3 Å². The minimum atomic E-state index is 0.0970. The minimum absolute atomic E-state index is 0.0970. The van der Waals surface area contributed by atoms with E-state index in [4.69, 9.17) is 0 Å². The SMILES string of the molecule is C=CC(=C\C=C/C)/C(/C=N\C(C)C=C)=C/C(C)=C/NC. The minimum Gasteiger partial charge on any atom is -0.394 e. The second-order valence-corrected chi connectivity index (χ2v) is 4.38. The first-order valence-electron chi connectivity index (χ1n) is 6.76. The molecule has 0 spiro atoms. The third-order valence-electron chi connectivity index (χ3n) is 2.57. The summed E-state index contributed by atoms with van der Waals surface area (Å²) in [5.74, 6) is 0. The van der Waals surface area contributed by atoms with E-state index in [0.29, 0.717) is 0 Å². The lowest BCUT2D eigenvalue weighted by molar-refractivity contribution is 0.935. The Morgan fingerprint density at radius 2 is 1.95 bits per heavy atom. The highest BCUT2D eigenvalue weighted by atomic mass is 14.8. The van der Waals surface area contributed by atoms with Crippen LogP contribution in [0, 0.1) is 0 Å². The van der Waals surface area contributed by atoms with Crippen LogP contribution in [0.5, 0.6) is 0 Å². The number of nitrogens with zero attached hydrogens (tertiary/aromatic N) is 1. The quantitative estimate of drug-likeness (QED) is 0.395. The molecule has 1 unspecified atom stereocenters. The smallest absolute Gasteiger partial charge is 0.0649 e. The molecule has 0 aliphatic rings. The summed E-state index contributed by atoms with van der Waals surface area (Å²) in [6, 6.07) is 0.0970. The molecular formula is C18H26N2.